The zero-order valence-corrected chi connectivity index (χ0v) is 13.3. The van der Waals surface area contributed by atoms with Crippen LogP contribution in [0.1, 0.15) is 36.0 Å². The van der Waals surface area contributed by atoms with Crippen LogP contribution >= 0.6 is 0 Å². The summed E-state index contributed by atoms with van der Waals surface area (Å²) in [6.07, 6.45) is 20.3. The number of nitrogens with zero attached hydrogens (tertiary/aromatic N) is 2. The molecule has 1 aromatic heterocycles. The van der Waals surface area contributed by atoms with Crippen molar-refractivity contribution >= 4 is 5.78 Å². The lowest BCUT2D eigenvalue weighted by atomic mass is 9.96. The Kier molecular flexibility index (Phi) is 5.20. The molecule has 0 unspecified atom stereocenters. The normalized spacial score (nSPS) is 17.0. The van der Waals surface area contributed by atoms with Crippen molar-refractivity contribution in [1.29, 1.82) is 0 Å². The Balaban J connectivity index is 1.43. The van der Waals surface area contributed by atoms with Crippen LogP contribution in [0, 0.1) is 0 Å². The van der Waals surface area contributed by atoms with Gasteiger partial charge in [-0.3, -0.25) is 9.78 Å². The molecule has 1 aromatic rings. The van der Waals surface area contributed by atoms with Gasteiger partial charge in [-0.25, -0.2) is 0 Å². The standard InChI is InChI=1S/C20H22N2O/c23-20(19-8-12-21-13-9-19)7-4-14-22-15-10-18(11-16-22)17-5-2-1-3-6-17/h1-2,6,8-13,15H,3-5,7,14,16H2. The largest absolute Gasteiger partial charge is 0.374 e. The van der Waals surface area contributed by atoms with Crippen LogP contribution in [0.2, 0.25) is 0 Å². The quantitative estimate of drug-likeness (QED) is 0.586. The van der Waals surface area contributed by atoms with Crippen molar-refractivity contribution in [3.8, 4) is 0 Å². The van der Waals surface area contributed by atoms with E-state index in [9.17, 15) is 4.79 Å². The van der Waals surface area contributed by atoms with Gasteiger partial charge in [0.1, 0.15) is 0 Å². The summed E-state index contributed by atoms with van der Waals surface area (Å²) in [5, 5.41) is 0. The molecule has 0 aromatic carbocycles. The van der Waals surface area contributed by atoms with Crippen LogP contribution in [0.5, 0.6) is 0 Å². The van der Waals surface area contributed by atoms with E-state index in [1.165, 1.54) is 11.1 Å². The molecule has 1 aliphatic heterocycles. The summed E-state index contributed by atoms with van der Waals surface area (Å²) in [4.78, 5) is 18.3. The van der Waals surface area contributed by atoms with Crippen molar-refractivity contribution in [3.63, 3.8) is 0 Å². The van der Waals surface area contributed by atoms with Crippen LogP contribution < -0.4 is 0 Å². The van der Waals surface area contributed by atoms with Crippen molar-refractivity contribution in [2.24, 2.45) is 0 Å². The third kappa shape index (κ3) is 4.28. The lowest BCUT2D eigenvalue weighted by Crippen LogP contribution is -2.22. The van der Waals surface area contributed by atoms with Gasteiger partial charge in [0.25, 0.3) is 0 Å². The second-order valence-corrected chi connectivity index (χ2v) is 5.87. The molecule has 3 nitrogen and oxygen atoms in total. The van der Waals surface area contributed by atoms with Crippen LogP contribution in [0.15, 0.2) is 72.3 Å². The van der Waals surface area contributed by atoms with Crippen molar-refractivity contribution in [2.75, 3.05) is 13.1 Å². The van der Waals surface area contributed by atoms with E-state index in [1.54, 1.807) is 24.5 Å². The van der Waals surface area contributed by atoms with Crippen LogP contribution in [0.3, 0.4) is 0 Å². The molecule has 0 saturated carbocycles. The highest BCUT2D eigenvalue weighted by molar-refractivity contribution is 5.95. The summed E-state index contributed by atoms with van der Waals surface area (Å²) in [6, 6.07) is 3.56. The van der Waals surface area contributed by atoms with Crippen molar-refractivity contribution in [2.45, 2.75) is 25.7 Å². The molecule has 0 saturated heterocycles. The van der Waals surface area contributed by atoms with Gasteiger partial charge in [-0.1, -0.05) is 24.3 Å². The van der Waals surface area contributed by atoms with E-state index in [0.29, 0.717) is 6.42 Å². The molecule has 0 spiro atoms. The zero-order chi connectivity index (χ0) is 15.9. The number of hydrogen-bond donors (Lipinski definition) is 0. The predicted octanol–water partition coefficient (Wildman–Crippen LogP) is 4.08. The third-order valence-electron chi connectivity index (χ3n) is 4.24. The maximum Gasteiger partial charge on any atom is 0.163 e. The number of allylic oxidation sites excluding steroid dienone is 6. The molecule has 23 heavy (non-hydrogen) atoms. The molecular formula is C20H22N2O. The van der Waals surface area contributed by atoms with Gasteiger partial charge in [0.2, 0.25) is 0 Å². The number of carbonyl (C=O) groups excluding carboxylic acids is 1. The first kappa shape index (κ1) is 15.5. The fourth-order valence-electron chi connectivity index (χ4n) is 2.89. The van der Waals surface area contributed by atoms with E-state index >= 15 is 0 Å². The van der Waals surface area contributed by atoms with Gasteiger partial charge in [0.05, 0.1) is 0 Å². The highest BCUT2D eigenvalue weighted by Gasteiger charge is 2.10. The minimum Gasteiger partial charge on any atom is -0.374 e. The molecule has 0 radical (unpaired) electrons. The summed E-state index contributed by atoms with van der Waals surface area (Å²) >= 11 is 0. The molecular weight excluding hydrogens is 284 g/mol. The maximum absolute atomic E-state index is 12.1. The Morgan fingerprint density at radius 2 is 2.04 bits per heavy atom. The highest BCUT2D eigenvalue weighted by Crippen LogP contribution is 2.23. The molecule has 3 rings (SSSR count). The van der Waals surface area contributed by atoms with Crippen LogP contribution in [0.4, 0.5) is 0 Å². The molecule has 0 fully saturated rings. The first-order chi connectivity index (χ1) is 11.3. The van der Waals surface area contributed by atoms with Crippen LogP contribution in [-0.2, 0) is 0 Å². The Bertz CT molecular complexity index is 668. The average Bonchev–Trinajstić information content (AvgIpc) is 2.64. The number of ketones is 1. The summed E-state index contributed by atoms with van der Waals surface area (Å²) in [5.41, 5.74) is 3.53. The number of pyridine rings is 1. The zero-order valence-electron chi connectivity index (χ0n) is 13.3. The molecule has 1 aliphatic carbocycles. The fourth-order valence-corrected chi connectivity index (χ4v) is 2.89. The molecule has 0 bridgehead atoms. The molecule has 0 atom stereocenters. The Morgan fingerprint density at radius 3 is 2.74 bits per heavy atom. The molecule has 2 heterocycles. The van der Waals surface area contributed by atoms with Crippen LogP contribution in [-0.4, -0.2) is 28.8 Å². The second kappa shape index (κ2) is 7.73. The minimum absolute atomic E-state index is 0.198. The van der Waals surface area contributed by atoms with E-state index in [0.717, 1.165) is 37.9 Å². The van der Waals surface area contributed by atoms with Crippen molar-refractivity contribution < 1.29 is 4.79 Å². The first-order valence-corrected chi connectivity index (χ1v) is 8.23. The Labute approximate surface area is 137 Å². The van der Waals surface area contributed by atoms with Gasteiger partial charge >= 0.3 is 0 Å². The molecule has 3 heteroatoms. The lowest BCUT2D eigenvalue weighted by Gasteiger charge is -2.23. The van der Waals surface area contributed by atoms with E-state index in [4.69, 9.17) is 0 Å². The fraction of sp³-hybridized carbons (Fsp3) is 0.300. The third-order valence-corrected chi connectivity index (χ3v) is 4.24. The lowest BCUT2D eigenvalue weighted by molar-refractivity contribution is 0.0977. The SMILES string of the molecule is O=C(CCCN1C=CC(C2=CCC=CC2)=CC1)c1ccncc1. The number of hydrogen-bond acceptors (Lipinski definition) is 3. The Morgan fingerprint density at radius 1 is 1.17 bits per heavy atom. The van der Waals surface area contributed by atoms with Crippen molar-refractivity contribution in [3.05, 3.63) is 77.8 Å². The summed E-state index contributed by atoms with van der Waals surface area (Å²) in [7, 11) is 0. The molecule has 118 valence electrons. The monoisotopic (exact) mass is 306 g/mol. The van der Waals surface area contributed by atoms with Gasteiger partial charge in [-0.15, -0.1) is 0 Å². The number of Topliss-reactive ketones (excluding diaryl/α,β-unsaturated/α-hetero) is 1. The predicted molar refractivity (Wildman–Crippen MR) is 93.1 cm³/mol. The van der Waals surface area contributed by atoms with Gasteiger partial charge in [0.15, 0.2) is 5.78 Å². The highest BCUT2D eigenvalue weighted by atomic mass is 16.1. The van der Waals surface area contributed by atoms with Crippen molar-refractivity contribution in [1.82, 2.24) is 9.88 Å². The number of carbonyl (C=O) groups is 1. The maximum atomic E-state index is 12.1. The van der Waals surface area contributed by atoms with Gasteiger partial charge in [0, 0.05) is 37.5 Å². The van der Waals surface area contributed by atoms with Gasteiger partial charge in [-0.2, -0.15) is 0 Å². The molecule has 0 N–H and O–H groups in total. The molecule has 2 aliphatic rings. The van der Waals surface area contributed by atoms with Crippen LogP contribution in [0.25, 0.3) is 0 Å². The molecule has 0 amide bonds. The second-order valence-electron chi connectivity index (χ2n) is 5.87. The number of rotatable bonds is 6. The summed E-state index contributed by atoms with van der Waals surface area (Å²) in [5.74, 6) is 0.198. The first-order valence-electron chi connectivity index (χ1n) is 8.23. The Hall–Kier alpha value is -2.42. The average molecular weight is 306 g/mol. The van der Waals surface area contributed by atoms with E-state index < -0.39 is 0 Å². The van der Waals surface area contributed by atoms with Gasteiger partial charge < -0.3 is 4.90 Å². The topological polar surface area (TPSA) is 33.2 Å². The van der Waals surface area contributed by atoms with E-state index in [2.05, 4.69) is 46.5 Å². The van der Waals surface area contributed by atoms with E-state index in [1.807, 2.05) is 0 Å². The smallest absolute Gasteiger partial charge is 0.163 e. The van der Waals surface area contributed by atoms with E-state index in [-0.39, 0.29) is 5.78 Å². The summed E-state index contributed by atoms with van der Waals surface area (Å²) < 4.78 is 0. The van der Waals surface area contributed by atoms with Gasteiger partial charge in [-0.05, 0) is 54.8 Å². The number of aromatic nitrogens is 1. The summed E-state index contributed by atoms with van der Waals surface area (Å²) in [6.45, 7) is 1.84. The minimum atomic E-state index is 0.198.